The van der Waals surface area contributed by atoms with Crippen LogP contribution < -0.4 is 5.32 Å². The van der Waals surface area contributed by atoms with E-state index in [0.29, 0.717) is 38.8 Å². The van der Waals surface area contributed by atoms with Crippen LogP contribution in [0.2, 0.25) is 15.1 Å². The summed E-state index contributed by atoms with van der Waals surface area (Å²) < 4.78 is 1.99. The van der Waals surface area contributed by atoms with Crippen LogP contribution in [0.3, 0.4) is 0 Å². The zero-order chi connectivity index (χ0) is 21.0. The highest BCUT2D eigenvalue weighted by atomic mass is 35.5. The molecule has 0 radical (unpaired) electrons. The summed E-state index contributed by atoms with van der Waals surface area (Å²) >= 11 is 19.6. The summed E-state index contributed by atoms with van der Waals surface area (Å²) in [7, 11) is 0. The molecule has 0 saturated heterocycles. The number of amides is 1. The number of thioether (sulfide) groups is 1. The SMILES string of the molecule is CCn1c(SCc2ccc(Cl)cc2Cl)nnc1[C@H](C)NC(=O)c1ccc(Cl)cc1. The Labute approximate surface area is 188 Å². The summed E-state index contributed by atoms with van der Waals surface area (Å²) in [6.45, 7) is 4.58. The molecule has 3 rings (SSSR count). The van der Waals surface area contributed by atoms with Crippen molar-refractivity contribution in [3.8, 4) is 0 Å². The summed E-state index contributed by atoms with van der Waals surface area (Å²) in [6.07, 6.45) is 0. The van der Waals surface area contributed by atoms with Gasteiger partial charge in [0.1, 0.15) is 0 Å². The van der Waals surface area contributed by atoms with Crippen LogP contribution in [0.15, 0.2) is 47.6 Å². The molecular formula is C20H19Cl3N4OS. The van der Waals surface area contributed by atoms with Gasteiger partial charge in [-0.3, -0.25) is 4.79 Å². The molecule has 0 aliphatic rings. The van der Waals surface area contributed by atoms with E-state index in [1.54, 1.807) is 30.3 Å². The van der Waals surface area contributed by atoms with Crippen LogP contribution in [0.25, 0.3) is 0 Å². The number of hydrogen-bond donors (Lipinski definition) is 1. The summed E-state index contributed by atoms with van der Waals surface area (Å²) in [5, 5.41) is 14.1. The van der Waals surface area contributed by atoms with Crippen LogP contribution in [0.5, 0.6) is 0 Å². The Hall–Kier alpha value is -1.73. The molecule has 3 aromatic rings. The third-order valence-corrected chi connectivity index (χ3v) is 6.13. The van der Waals surface area contributed by atoms with Crippen LogP contribution in [0.1, 0.15) is 41.6 Å². The van der Waals surface area contributed by atoms with E-state index in [1.165, 1.54) is 11.8 Å². The second-order valence-electron chi connectivity index (χ2n) is 6.31. The van der Waals surface area contributed by atoms with Crippen molar-refractivity contribution >= 4 is 52.5 Å². The number of rotatable bonds is 7. The second-order valence-corrected chi connectivity index (χ2v) is 8.53. The second kappa shape index (κ2) is 9.85. The third kappa shape index (κ3) is 5.45. The highest BCUT2D eigenvalue weighted by molar-refractivity contribution is 7.98. The predicted molar refractivity (Wildman–Crippen MR) is 119 cm³/mol. The molecule has 5 nitrogen and oxygen atoms in total. The monoisotopic (exact) mass is 468 g/mol. The van der Waals surface area contributed by atoms with Crippen molar-refractivity contribution in [3.05, 3.63) is 74.5 Å². The maximum absolute atomic E-state index is 12.5. The van der Waals surface area contributed by atoms with Gasteiger partial charge in [0.2, 0.25) is 0 Å². The smallest absolute Gasteiger partial charge is 0.251 e. The van der Waals surface area contributed by atoms with E-state index in [1.807, 2.05) is 30.5 Å². The highest BCUT2D eigenvalue weighted by Gasteiger charge is 2.20. The molecule has 0 aliphatic carbocycles. The van der Waals surface area contributed by atoms with Crippen LogP contribution in [0.4, 0.5) is 0 Å². The third-order valence-electron chi connectivity index (χ3n) is 4.27. The summed E-state index contributed by atoms with van der Waals surface area (Å²) in [6, 6.07) is 11.9. The number of carbonyl (C=O) groups is 1. The van der Waals surface area contributed by atoms with Crippen LogP contribution >= 0.6 is 46.6 Å². The molecule has 0 fully saturated rings. The fourth-order valence-electron chi connectivity index (χ4n) is 2.75. The zero-order valence-electron chi connectivity index (χ0n) is 15.8. The molecular weight excluding hydrogens is 451 g/mol. The van der Waals surface area contributed by atoms with Crippen LogP contribution in [0, 0.1) is 0 Å². The normalized spacial score (nSPS) is 12.0. The van der Waals surface area contributed by atoms with Gasteiger partial charge in [-0.1, -0.05) is 52.6 Å². The standard InChI is InChI=1S/C20H19Cl3N4OS/c1-3-27-18(12(2)24-19(28)13-4-7-15(21)8-5-13)25-26-20(27)29-11-14-6-9-16(22)10-17(14)23/h4-10,12H,3,11H2,1-2H3,(H,24,28)/t12-/m0/s1. The Bertz CT molecular complexity index is 1010. The summed E-state index contributed by atoms with van der Waals surface area (Å²) in [5.74, 6) is 1.14. The molecule has 1 heterocycles. The van der Waals surface area contributed by atoms with Gasteiger partial charge in [0.25, 0.3) is 5.91 Å². The lowest BCUT2D eigenvalue weighted by molar-refractivity contribution is 0.0937. The summed E-state index contributed by atoms with van der Waals surface area (Å²) in [5.41, 5.74) is 1.51. The fourth-order valence-corrected chi connectivity index (χ4v) is 4.45. The summed E-state index contributed by atoms with van der Waals surface area (Å²) in [4.78, 5) is 12.5. The van der Waals surface area contributed by atoms with Crippen LogP contribution in [-0.2, 0) is 12.3 Å². The van der Waals surface area contributed by atoms with Gasteiger partial charge in [0.05, 0.1) is 6.04 Å². The molecule has 0 bridgehead atoms. The lowest BCUT2D eigenvalue weighted by Gasteiger charge is -2.15. The molecule has 2 aromatic carbocycles. The number of carbonyl (C=O) groups excluding carboxylic acids is 1. The first-order valence-corrected chi connectivity index (χ1v) is 11.1. The lowest BCUT2D eigenvalue weighted by Crippen LogP contribution is -2.28. The minimum absolute atomic E-state index is 0.193. The average Bonchev–Trinajstić information content (AvgIpc) is 3.10. The zero-order valence-corrected chi connectivity index (χ0v) is 18.9. The number of aromatic nitrogens is 3. The van der Waals surface area contributed by atoms with Crippen molar-refractivity contribution in [2.24, 2.45) is 0 Å². The predicted octanol–water partition coefficient (Wildman–Crippen LogP) is 6.04. The molecule has 0 saturated carbocycles. The molecule has 1 aromatic heterocycles. The van der Waals surface area contributed by atoms with E-state index in [0.717, 1.165) is 10.7 Å². The topological polar surface area (TPSA) is 59.8 Å². The molecule has 1 amide bonds. The molecule has 0 unspecified atom stereocenters. The van der Waals surface area contributed by atoms with Gasteiger partial charge < -0.3 is 9.88 Å². The largest absolute Gasteiger partial charge is 0.342 e. The minimum atomic E-state index is -0.306. The van der Waals surface area contributed by atoms with E-state index < -0.39 is 0 Å². The molecule has 1 N–H and O–H groups in total. The Morgan fingerprint density at radius 1 is 1.10 bits per heavy atom. The molecule has 0 spiro atoms. The highest BCUT2D eigenvalue weighted by Crippen LogP contribution is 2.29. The first-order chi connectivity index (χ1) is 13.9. The maximum atomic E-state index is 12.5. The Balaban J connectivity index is 1.70. The molecule has 0 aliphatic heterocycles. The Kier molecular flexibility index (Phi) is 7.46. The maximum Gasteiger partial charge on any atom is 0.251 e. The van der Waals surface area contributed by atoms with E-state index in [-0.39, 0.29) is 11.9 Å². The fraction of sp³-hybridized carbons (Fsp3) is 0.250. The van der Waals surface area contributed by atoms with E-state index in [4.69, 9.17) is 34.8 Å². The quantitative estimate of drug-likeness (QED) is 0.428. The van der Waals surface area contributed by atoms with Gasteiger partial charge in [-0.2, -0.15) is 0 Å². The molecule has 1 atom stereocenters. The molecule has 152 valence electrons. The van der Waals surface area contributed by atoms with E-state index in [2.05, 4.69) is 15.5 Å². The number of nitrogens with one attached hydrogen (secondary N) is 1. The van der Waals surface area contributed by atoms with Crippen molar-refractivity contribution in [2.45, 2.75) is 37.3 Å². The van der Waals surface area contributed by atoms with Gasteiger partial charge in [-0.15, -0.1) is 10.2 Å². The van der Waals surface area contributed by atoms with Crippen molar-refractivity contribution in [3.63, 3.8) is 0 Å². The number of halogens is 3. The van der Waals surface area contributed by atoms with Crippen molar-refractivity contribution in [1.82, 2.24) is 20.1 Å². The lowest BCUT2D eigenvalue weighted by atomic mass is 10.2. The first kappa shape index (κ1) is 22.0. The van der Waals surface area contributed by atoms with Gasteiger partial charge in [0.15, 0.2) is 11.0 Å². The van der Waals surface area contributed by atoms with E-state index >= 15 is 0 Å². The number of nitrogens with zero attached hydrogens (tertiary/aromatic N) is 3. The van der Waals surface area contributed by atoms with Gasteiger partial charge in [-0.05, 0) is 55.8 Å². The minimum Gasteiger partial charge on any atom is -0.342 e. The molecule has 9 heteroatoms. The van der Waals surface area contributed by atoms with Crippen molar-refractivity contribution in [2.75, 3.05) is 0 Å². The Morgan fingerprint density at radius 2 is 1.79 bits per heavy atom. The van der Waals surface area contributed by atoms with Gasteiger partial charge in [0, 0.05) is 32.9 Å². The van der Waals surface area contributed by atoms with Crippen molar-refractivity contribution in [1.29, 1.82) is 0 Å². The van der Waals surface area contributed by atoms with Gasteiger partial charge >= 0.3 is 0 Å². The molecule has 29 heavy (non-hydrogen) atoms. The average molecular weight is 470 g/mol. The number of hydrogen-bond acceptors (Lipinski definition) is 4. The number of benzene rings is 2. The van der Waals surface area contributed by atoms with E-state index in [9.17, 15) is 4.79 Å². The Morgan fingerprint density at radius 3 is 2.45 bits per heavy atom. The first-order valence-electron chi connectivity index (χ1n) is 8.95. The van der Waals surface area contributed by atoms with Crippen molar-refractivity contribution < 1.29 is 4.79 Å². The van der Waals surface area contributed by atoms with Crippen LogP contribution in [-0.4, -0.2) is 20.7 Å². The van der Waals surface area contributed by atoms with Gasteiger partial charge in [-0.25, -0.2) is 0 Å².